The van der Waals surface area contributed by atoms with Crippen LogP contribution in [0.5, 0.6) is 5.75 Å². The molecule has 0 saturated heterocycles. The van der Waals surface area contributed by atoms with Gasteiger partial charge in [0, 0.05) is 18.0 Å². The van der Waals surface area contributed by atoms with Crippen molar-refractivity contribution in [2.75, 3.05) is 0 Å². The van der Waals surface area contributed by atoms with Crippen molar-refractivity contribution >= 4 is 0 Å². The second-order valence-corrected chi connectivity index (χ2v) is 5.39. The quantitative estimate of drug-likeness (QED) is 0.853. The number of pyridine rings is 1. The van der Waals surface area contributed by atoms with Gasteiger partial charge >= 0.3 is 0 Å². The lowest BCUT2D eigenvalue weighted by Gasteiger charge is -2.51. The third-order valence-electron chi connectivity index (χ3n) is 4.50. The van der Waals surface area contributed by atoms with Gasteiger partial charge in [0.25, 0.3) is 0 Å². The first-order chi connectivity index (χ1) is 8.22. The molecule has 17 heavy (non-hydrogen) atoms. The fourth-order valence-electron chi connectivity index (χ4n) is 3.33. The zero-order chi connectivity index (χ0) is 11.9. The summed E-state index contributed by atoms with van der Waals surface area (Å²) in [7, 11) is 0. The molecule has 0 aromatic carbocycles. The highest BCUT2D eigenvalue weighted by Crippen LogP contribution is 2.54. The molecule has 2 unspecified atom stereocenters. The van der Waals surface area contributed by atoms with Crippen molar-refractivity contribution in [2.24, 2.45) is 5.41 Å². The minimum atomic E-state index is -0.160. The van der Waals surface area contributed by atoms with Gasteiger partial charge in [-0.25, -0.2) is 0 Å². The Morgan fingerprint density at radius 3 is 2.82 bits per heavy atom. The molecule has 0 amide bonds. The van der Waals surface area contributed by atoms with Gasteiger partial charge in [0.05, 0.1) is 11.8 Å². The maximum absolute atomic E-state index is 10.0. The highest BCUT2D eigenvalue weighted by atomic mass is 16.5. The van der Waals surface area contributed by atoms with E-state index in [9.17, 15) is 5.11 Å². The summed E-state index contributed by atoms with van der Waals surface area (Å²) in [4.78, 5) is 4.24. The molecular formula is C14H19NO2. The number of aliphatic hydroxyl groups excluding tert-OH is 1. The molecule has 0 aliphatic heterocycles. The molecule has 0 bridgehead atoms. The molecule has 1 aromatic heterocycles. The van der Waals surface area contributed by atoms with E-state index >= 15 is 0 Å². The van der Waals surface area contributed by atoms with Crippen molar-refractivity contribution in [3.05, 3.63) is 24.0 Å². The SMILES string of the molecule is Cc1ncccc1OC1CC(O)C12CCCC2. The molecule has 2 fully saturated rings. The number of rotatable bonds is 2. The van der Waals surface area contributed by atoms with Gasteiger partial charge < -0.3 is 9.84 Å². The monoisotopic (exact) mass is 233 g/mol. The Hall–Kier alpha value is -1.09. The van der Waals surface area contributed by atoms with Gasteiger partial charge in [-0.3, -0.25) is 4.98 Å². The standard InChI is InChI=1S/C14H19NO2/c1-10-11(5-4-8-15-10)17-13-9-12(16)14(13)6-2-3-7-14/h4-5,8,12-13,16H,2-3,6-7,9H2,1H3. The van der Waals surface area contributed by atoms with Crippen molar-refractivity contribution in [2.45, 2.75) is 51.2 Å². The summed E-state index contributed by atoms with van der Waals surface area (Å²) in [5, 5.41) is 10.0. The normalized spacial score (nSPS) is 30.2. The third-order valence-corrected chi connectivity index (χ3v) is 4.50. The Balaban J connectivity index is 1.77. The van der Waals surface area contributed by atoms with E-state index in [0.717, 1.165) is 30.7 Å². The van der Waals surface area contributed by atoms with Crippen LogP contribution in [-0.2, 0) is 0 Å². The van der Waals surface area contributed by atoms with Crippen LogP contribution in [0.1, 0.15) is 37.8 Å². The zero-order valence-corrected chi connectivity index (χ0v) is 10.2. The number of nitrogens with zero attached hydrogens (tertiary/aromatic N) is 1. The lowest BCUT2D eigenvalue weighted by Crippen LogP contribution is -2.58. The van der Waals surface area contributed by atoms with Crippen molar-refractivity contribution in [3.8, 4) is 5.75 Å². The van der Waals surface area contributed by atoms with E-state index < -0.39 is 0 Å². The number of ether oxygens (including phenoxy) is 1. The number of aromatic nitrogens is 1. The van der Waals surface area contributed by atoms with E-state index in [-0.39, 0.29) is 17.6 Å². The van der Waals surface area contributed by atoms with E-state index in [2.05, 4.69) is 4.98 Å². The second kappa shape index (κ2) is 3.98. The van der Waals surface area contributed by atoms with Gasteiger partial charge in [-0.05, 0) is 31.9 Å². The average molecular weight is 233 g/mol. The summed E-state index contributed by atoms with van der Waals surface area (Å²) in [6.45, 7) is 1.96. The Morgan fingerprint density at radius 2 is 2.18 bits per heavy atom. The first kappa shape index (κ1) is 11.0. The Kier molecular flexibility index (Phi) is 2.58. The van der Waals surface area contributed by atoms with E-state index in [1.54, 1.807) is 6.20 Å². The summed E-state index contributed by atoms with van der Waals surface area (Å²) in [6.07, 6.45) is 7.24. The van der Waals surface area contributed by atoms with Crippen LogP contribution in [0.4, 0.5) is 0 Å². The first-order valence-corrected chi connectivity index (χ1v) is 6.49. The molecule has 2 saturated carbocycles. The molecule has 3 rings (SSSR count). The molecule has 1 spiro atoms. The fraction of sp³-hybridized carbons (Fsp3) is 0.643. The highest BCUT2D eigenvalue weighted by molar-refractivity contribution is 5.27. The molecule has 2 aliphatic rings. The van der Waals surface area contributed by atoms with Gasteiger partial charge in [0.2, 0.25) is 0 Å². The van der Waals surface area contributed by atoms with Crippen LogP contribution in [-0.4, -0.2) is 22.3 Å². The van der Waals surface area contributed by atoms with Crippen LogP contribution in [0.3, 0.4) is 0 Å². The zero-order valence-electron chi connectivity index (χ0n) is 10.2. The number of hydrogen-bond donors (Lipinski definition) is 1. The van der Waals surface area contributed by atoms with Gasteiger partial charge in [0.15, 0.2) is 0 Å². The van der Waals surface area contributed by atoms with Crippen LogP contribution in [0, 0.1) is 12.3 Å². The second-order valence-electron chi connectivity index (χ2n) is 5.39. The van der Waals surface area contributed by atoms with E-state index in [1.165, 1.54) is 12.8 Å². The molecule has 2 atom stereocenters. The number of aliphatic hydroxyl groups is 1. The van der Waals surface area contributed by atoms with Crippen molar-refractivity contribution in [3.63, 3.8) is 0 Å². The van der Waals surface area contributed by atoms with Crippen LogP contribution in [0.25, 0.3) is 0 Å². The van der Waals surface area contributed by atoms with E-state index in [4.69, 9.17) is 4.74 Å². The topological polar surface area (TPSA) is 42.4 Å². The minimum absolute atomic E-state index is 0.0439. The minimum Gasteiger partial charge on any atom is -0.488 e. The Morgan fingerprint density at radius 1 is 1.41 bits per heavy atom. The molecule has 3 nitrogen and oxygen atoms in total. The molecule has 92 valence electrons. The van der Waals surface area contributed by atoms with Gasteiger partial charge in [-0.2, -0.15) is 0 Å². The molecular weight excluding hydrogens is 214 g/mol. The van der Waals surface area contributed by atoms with Crippen LogP contribution < -0.4 is 4.74 Å². The lowest BCUT2D eigenvalue weighted by atomic mass is 9.62. The van der Waals surface area contributed by atoms with Crippen LogP contribution >= 0.6 is 0 Å². The number of aryl methyl sites for hydroxylation is 1. The average Bonchev–Trinajstić information content (AvgIpc) is 2.83. The predicted octanol–water partition coefficient (Wildman–Crippen LogP) is 2.46. The Labute approximate surface area is 102 Å². The smallest absolute Gasteiger partial charge is 0.140 e. The molecule has 1 aromatic rings. The van der Waals surface area contributed by atoms with Gasteiger partial charge in [0.1, 0.15) is 11.9 Å². The molecule has 2 aliphatic carbocycles. The van der Waals surface area contributed by atoms with Gasteiger partial charge in [-0.1, -0.05) is 12.8 Å². The molecule has 1 heterocycles. The van der Waals surface area contributed by atoms with Crippen molar-refractivity contribution in [1.82, 2.24) is 4.98 Å². The summed E-state index contributed by atoms with van der Waals surface area (Å²) >= 11 is 0. The van der Waals surface area contributed by atoms with Crippen LogP contribution in [0.15, 0.2) is 18.3 Å². The summed E-state index contributed by atoms with van der Waals surface area (Å²) in [5.74, 6) is 0.871. The summed E-state index contributed by atoms with van der Waals surface area (Å²) < 4.78 is 6.07. The molecule has 1 N–H and O–H groups in total. The van der Waals surface area contributed by atoms with Crippen molar-refractivity contribution in [1.29, 1.82) is 0 Å². The van der Waals surface area contributed by atoms with Crippen molar-refractivity contribution < 1.29 is 9.84 Å². The largest absolute Gasteiger partial charge is 0.488 e. The predicted molar refractivity (Wildman–Crippen MR) is 64.9 cm³/mol. The van der Waals surface area contributed by atoms with E-state index in [1.807, 2.05) is 19.1 Å². The molecule has 0 radical (unpaired) electrons. The maximum Gasteiger partial charge on any atom is 0.140 e. The third kappa shape index (κ3) is 1.64. The summed E-state index contributed by atoms with van der Waals surface area (Å²) in [5.41, 5.74) is 0.976. The van der Waals surface area contributed by atoms with E-state index in [0.29, 0.717) is 0 Å². The fourth-order valence-corrected chi connectivity index (χ4v) is 3.33. The lowest BCUT2D eigenvalue weighted by molar-refractivity contribution is -0.152. The highest BCUT2D eigenvalue weighted by Gasteiger charge is 2.57. The van der Waals surface area contributed by atoms with Gasteiger partial charge in [-0.15, -0.1) is 0 Å². The summed E-state index contributed by atoms with van der Waals surface area (Å²) in [6, 6.07) is 3.87. The number of hydrogen-bond acceptors (Lipinski definition) is 3. The van der Waals surface area contributed by atoms with Crippen LogP contribution in [0.2, 0.25) is 0 Å². The maximum atomic E-state index is 10.0. The molecule has 3 heteroatoms. The first-order valence-electron chi connectivity index (χ1n) is 6.49. The Bertz CT molecular complexity index is 412.